The van der Waals surface area contributed by atoms with Crippen molar-refractivity contribution in [3.05, 3.63) is 163 Å². The van der Waals surface area contributed by atoms with Crippen LogP contribution in [0.1, 0.15) is 5.56 Å². The Morgan fingerprint density at radius 2 is 0.816 bits per heavy atom. The Morgan fingerprint density at radius 1 is 0.447 bits per heavy atom. The molecule has 1 amide bonds. The van der Waals surface area contributed by atoms with Gasteiger partial charge >= 0.3 is 5.91 Å². The number of nitrogens with zero attached hydrogens (tertiary/aromatic N) is 1. The van der Waals surface area contributed by atoms with Gasteiger partial charge in [-0.2, -0.15) is 0 Å². The Kier molecular flexibility index (Phi) is 6.29. The smallest absolute Gasteiger partial charge is 0.279 e. The van der Waals surface area contributed by atoms with Crippen molar-refractivity contribution >= 4 is 46.3 Å². The summed E-state index contributed by atoms with van der Waals surface area (Å²) in [4.78, 5) is 30.0. The van der Waals surface area contributed by atoms with Crippen LogP contribution in [0, 0.1) is 0 Å². The van der Waals surface area contributed by atoms with Gasteiger partial charge in [0.2, 0.25) is 0 Å². The van der Waals surface area contributed by atoms with Gasteiger partial charge in [-0.1, -0.05) is 103 Å². The Labute approximate surface area is 223 Å². The average Bonchev–Trinajstić information content (AvgIpc) is 3.26. The first-order valence-electron chi connectivity index (χ1n) is 12.5. The van der Waals surface area contributed by atoms with E-state index in [1.165, 1.54) is 0 Å². The van der Waals surface area contributed by atoms with Crippen molar-refractivity contribution in [2.45, 2.75) is 0 Å². The van der Waals surface area contributed by atoms with E-state index < -0.39 is 19.0 Å². The number of Topliss-reactive ketones (excluding diaryl/α,β-unsaturated/α-hetero) is 1. The molecular formula is C34H25NO2P+. The van der Waals surface area contributed by atoms with Crippen LogP contribution in [0.4, 0.5) is 5.69 Å². The summed E-state index contributed by atoms with van der Waals surface area (Å²) >= 11 is 0. The van der Waals surface area contributed by atoms with Gasteiger partial charge in [0.25, 0.3) is 5.78 Å². The fraction of sp³-hybridized carbons (Fsp3) is 0. The van der Waals surface area contributed by atoms with Crippen molar-refractivity contribution in [1.82, 2.24) is 0 Å². The summed E-state index contributed by atoms with van der Waals surface area (Å²) in [6.45, 7) is 0. The zero-order valence-corrected chi connectivity index (χ0v) is 21.5. The van der Waals surface area contributed by atoms with Crippen molar-refractivity contribution in [2.75, 3.05) is 4.90 Å². The SMILES string of the molecule is O=C1C(=O)N(c2ccccc2)C(c2ccccc2)=C1[P+](c1ccccc1)(c1ccccc1)c1ccccc1. The van der Waals surface area contributed by atoms with Gasteiger partial charge in [0.05, 0.1) is 0 Å². The van der Waals surface area contributed by atoms with E-state index in [4.69, 9.17) is 0 Å². The second kappa shape index (κ2) is 10.0. The van der Waals surface area contributed by atoms with Crippen molar-refractivity contribution in [3.8, 4) is 0 Å². The Balaban J connectivity index is 1.82. The Morgan fingerprint density at radius 3 is 1.24 bits per heavy atom. The second-order valence-corrected chi connectivity index (χ2v) is 12.4. The molecule has 0 aliphatic carbocycles. The van der Waals surface area contributed by atoms with Crippen LogP contribution in [0.25, 0.3) is 5.70 Å². The minimum Gasteiger partial charge on any atom is -0.279 e. The monoisotopic (exact) mass is 510 g/mol. The molecule has 0 atom stereocenters. The minimum atomic E-state index is -2.81. The number of amides is 1. The van der Waals surface area contributed by atoms with Gasteiger partial charge in [-0.25, -0.2) is 0 Å². The van der Waals surface area contributed by atoms with E-state index in [1.54, 1.807) is 4.90 Å². The van der Waals surface area contributed by atoms with Crippen LogP contribution in [0.5, 0.6) is 0 Å². The standard InChI is InChI=1S/C34H25NO2P/c36-32-33(31(26-16-6-1-7-17-26)35(34(32)37)27-18-8-2-9-19-27)38(28-20-10-3-11-21-28,29-22-12-4-13-23-29)30-24-14-5-15-25-30/h1-25H/q+1. The Bertz CT molecular complexity index is 1520. The molecule has 1 heterocycles. The number of hydrogen-bond acceptors (Lipinski definition) is 2. The number of carbonyl (C=O) groups excluding carboxylic acids is 2. The Hall–Kier alpha value is -4.59. The van der Waals surface area contributed by atoms with Gasteiger partial charge in [-0.05, 0) is 48.5 Å². The predicted molar refractivity (Wildman–Crippen MR) is 157 cm³/mol. The highest BCUT2D eigenvalue weighted by Crippen LogP contribution is 2.66. The van der Waals surface area contributed by atoms with Crippen LogP contribution in [-0.4, -0.2) is 11.7 Å². The van der Waals surface area contributed by atoms with Crippen LogP contribution in [0.15, 0.2) is 157 Å². The number of para-hydroxylation sites is 1. The molecule has 0 N–H and O–H groups in total. The number of carbonyl (C=O) groups is 2. The molecule has 0 aromatic heterocycles. The molecule has 0 radical (unpaired) electrons. The van der Waals surface area contributed by atoms with E-state index in [0.29, 0.717) is 16.7 Å². The first-order valence-corrected chi connectivity index (χ1v) is 14.3. The van der Waals surface area contributed by atoms with Crippen molar-refractivity contribution in [2.24, 2.45) is 0 Å². The molecule has 0 fully saturated rings. The molecule has 4 heteroatoms. The molecule has 0 saturated carbocycles. The van der Waals surface area contributed by atoms with Crippen molar-refractivity contribution in [1.29, 1.82) is 0 Å². The van der Waals surface area contributed by atoms with Gasteiger partial charge < -0.3 is 0 Å². The number of anilines is 1. The third-order valence-electron chi connectivity index (χ3n) is 6.89. The lowest BCUT2D eigenvalue weighted by atomic mass is 10.1. The molecule has 1 aliphatic rings. The highest BCUT2D eigenvalue weighted by atomic mass is 31.2. The number of hydrogen-bond donors (Lipinski definition) is 0. The largest absolute Gasteiger partial charge is 0.307 e. The molecule has 5 aromatic rings. The van der Waals surface area contributed by atoms with Crippen LogP contribution in [-0.2, 0) is 9.59 Å². The minimum absolute atomic E-state index is 0.461. The molecule has 0 saturated heterocycles. The number of rotatable bonds is 6. The summed E-state index contributed by atoms with van der Waals surface area (Å²) < 4.78 is 0. The lowest BCUT2D eigenvalue weighted by molar-refractivity contribution is -0.132. The molecule has 6 rings (SSSR count). The highest BCUT2D eigenvalue weighted by Gasteiger charge is 2.60. The van der Waals surface area contributed by atoms with E-state index >= 15 is 0 Å². The van der Waals surface area contributed by atoms with Gasteiger partial charge in [-0.15, -0.1) is 0 Å². The molecule has 0 unspecified atom stereocenters. The van der Waals surface area contributed by atoms with Gasteiger partial charge in [0.15, 0.2) is 12.6 Å². The maximum Gasteiger partial charge on any atom is 0.307 e. The van der Waals surface area contributed by atoms with E-state index in [0.717, 1.165) is 21.5 Å². The van der Waals surface area contributed by atoms with Crippen LogP contribution >= 0.6 is 7.26 Å². The van der Waals surface area contributed by atoms with E-state index in [9.17, 15) is 9.59 Å². The van der Waals surface area contributed by atoms with E-state index in [2.05, 4.69) is 36.4 Å². The zero-order valence-electron chi connectivity index (χ0n) is 20.6. The van der Waals surface area contributed by atoms with Gasteiger partial charge in [0, 0.05) is 11.3 Å². The van der Waals surface area contributed by atoms with E-state index in [1.807, 2.05) is 115 Å². The topological polar surface area (TPSA) is 37.4 Å². The predicted octanol–water partition coefficient (Wildman–Crippen LogP) is 5.97. The summed E-state index contributed by atoms with van der Waals surface area (Å²) in [5.74, 6) is -0.991. The lowest BCUT2D eigenvalue weighted by Crippen LogP contribution is -2.35. The van der Waals surface area contributed by atoms with E-state index in [-0.39, 0.29) is 0 Å². The van der Waals surface area contributed by atoms with Gasteiger partial charge in [-0.3, -0.25) is 14.5 Å². The molecule has 182 valence electrons. The fourth-order valence-electron chi connectivity index (χ4n) is 5.30. The summed E-state index contributed by atoms with van der Waals surface area (Å²) in [5, 5.41) is 3.63. The summed E-state index contributed by atoms with van der Waals surface area (Å²) in [6.07, 6.45) is 0. The zero-order chi connectivity index (χ0) is 26.0. The van der Waals surface area contributed by atoms with Crippen LogP contribution in [0.2, 0.25) is 0 Å². The molecule has 3 nitrogen and oxygen atoms in total. The third kappa shape index (κ3) is 3.80. The summed E-state index contributed by atoms with van der Waals surface area (Å²) in [7, 11) is -2.81. The van der Waals surface area contributed by atoms with Crippen molar-refractivity contribution in [3.63, 3.8) is 0 Å². The van der Waals surface area contributed by atoms with Gasteiger partial charge in [0.1, 0.15) is 21.6 Å². The summed E-state index contributed by atoms with van der Waals surface area (Å²) in [5.41, 5.74) is 2.15. The molecule has 1 aliphatic heterocycles. The number of benzene rings is 5. The van der Waals surface area contributed by atoms with Crippen LogP contribution < -0.4 is 20.8 Å². The fourth-order valence-corrected chi connectivity index (χ4v) is 9.78. The normalized spacial score (nSPS) is 13.7. The average molecular weight is 511 g/mol. The quantitative estimate of drug-likeness (QED) is 0.209. The maximum atomic E-state index is 14.4. The first-order chi connectivity index (χ1) is 18.7. The second-order valence-electron chi connectivity index (χ2n) is 9.05. The highest BCUT2D eigenvalue weighted by molar-refractivity contribution is 8.00. The number of ketones is 1. The third-order valence-corrected chi connectivity index (χ3v) is 11.2. The molecular weight excluding hydrogens is 485 g/mol. The van der Waals surface area contributed by atoms with Crippen molar-refractivity contribution < 1.29 is 9.59 Å². The molecule has 0 bridgehead atoms. The molecule has 38 heavy (non-hydrogen) atoms. The lowest BCUT2D eigenvalue weighted by Gasteiger charge is -2.28. The molecule has 5 aromatic carbocycles. The molecule has 0 spiro atoms. The summed E-state index contributed by atoms with van der Waals surface area (Å²) in [6, 6.07) is 49.8. The maximum absolute atomic E-state index is 14.4. The van der Waals surface area contributed by atoms with Crippen LogP contribution in [0.3, 0.4) is 0 Å². The first kappa shape index (κ1) is 23.8.